The van der Waals surface area contributed by atoms with Crippen LogP contribution < -0.4 is 10.6 Å². The largest absolute Gasteiger partial charge is 0.396 e. The second-order valence-corrected chi connectivity index (χ2v) is 8.88. The lowest BCUT2D eigenvalue weighted by molar-refractivity contribution is -0.141. The van der Waals surface area contributed by atoms with Crippen LogP contribution in [-0.4, -0.2) is 98.3 Å². The van der Waals surface area contributed by atoms with E-state index in [1.165, 1.54) is 0 Å². The molecule has 2 fully saturated rings. The highest BCUT2D eigenvalue weighted by atomic mass is 16.5. The molecule has 0 bridgehead atoms. The molecule has 3 aliphatic rings. The summed E-state index contributed by atoms with van der Waals surface area (Å²) in [6.07, 6.45) is 6.14. The first kappa shape index (κ1) is 24.7. The molecule has 2 saturated heterocycles. The fourth-order valence-electron chi connectivity index (χ4n) is 5.38. The Morgan fingerprint density at radius 2 is 1.94 bits per heavy atom. The normalized spacial score (nSPS) is 30.3. The second-order valence-electron chi connectivity index (χ2n) is 8.88. The molecule has 3 amide bonds. The fraction of sp³-hybridized carbons (Fsp3) is 0.783. The van der Waals surface area contributed by atoms with Crippen LogP contribution in [0.3, 0.4) is 0 Å². The van der Waals surface area contributed by atoms with Crippen molar-refractivity contribution in [3.8, 4) is 0 Å². The van der Waals surface area contributed by atoms with E-state index in [1.54, 1.807) is 11.9 Å². The predicted octanol–water partition coefficient (Wildman–Crippen LogP) is -0.391. The van der Waals surface area contributed by atoms with E-state index in [0.717, 1.165) is 32.5 Å². The van der Waals surface area contributed by atoms with Gasteiger partial charge in [-0.2, -0.15) is 0 Å². The maximum absolute atomic E-state index is 13.5. The van der Waals surface area contributed by atoms with Crippen molar-refractivity contribution >= 4 is 17.7 Å². The predicted molar refractivity (Wildman–Crippen MR) is 120 cm³/mol. The molecule has 1 aliphatic carbocycles. The summed E-state index contributed by atoms with van der Waals surface area (Å²) in [6, 6.07) is -0.658. The topological polar surface area (TPSA) is 111 Å². The van der Waals surface area contributed by atoms with Crippen LogP contribution in [0.4, 0.5) is 0 Å². The van der Waals surface area contributed by atoms with Gasteiger partial charge in [0.2, 0.25) is 17.7 Å². The van der Waals surface area contributed by atoms with Gasteiger partial charge in [-0.1, -0.05) is 25.5 Å². The van der Waals surface area contributed by atoms with Crippen LogP contribution in [0.25, 0.3) is 0 Å². The minimum atomic E-state index is -0.658. The Kier molecular flexibility index (Phi) is 9.07. The summed E-state index contributed by atoms with van der Waals surface area (Å²) >= 11 is 0. The number of allylic oxidation sites excluding steroid dienone is 1. The maximum Gasteiger partial charge on any atom is 0.243 e. The molecular formula is C23H38N4O5. The van der Waals surface area contributed by atoms with Crippen LogP contribution in [0.5, 0.6) is 0 Å². The highest BCUT2D eigenvalue weighted by Crippen LogP contribution is 2.45. The number of hydrogen-bond donors (Lipinski definition) is 3. The Bertz CT molecular complexity index is 694. The van der Waals surface area contributed by atoms with Crippen LogP contribution in [0.2, 0.25) is 0 Å². The number of aliphatic hydroxyl groups excluding tert-OH is 1. The fourth-order valence-corrected chi connectivity index (χ4v) is 5.38. The lowest BCUT2D eigenvalue weighted by Gasteiger charge is -2.34. The third-order valence-corrected chi connectivity index (χ3v) is 6.94. The standard InChI is InChI=1S/C23H38N4O5/c1-3-5-16-6-7-17-19(18(16)21(29)24-2)23(31)27(9-4-13-28)20(17)22(30)25-8-10-26-11-14-32-15-12-26/h6-7,16-20,28H,3-5,8-15H2,1-2H3,(H,24,29)(H,25,30)/t16-,17+,18-,19-,20+/m1/s1. The molecule has 0 radical (unpaired) electrons. The molecule has 180 valence electrons. The molecular weight excluding hydrogens is 412 g/mol. The van der Waals surface area contributed by atoms with Gasteiger partial charge >= 0.3 is 0 Å². The summed E-state index contributed by atoms with van der Waals surface area (Å²) in [6.45, 7) is 6.64. The van der Waals surface area contributed by atoms with E-state index in [9.17, 15) is 19.5 Å². The number of amides is 3. The van der Waals surface area contributed by atoms with E-state index in [0.29, 0.717) is 32.7 Å². The molecule has 9 heteroatoms. The number of nitrogens with one attached hydrogen (secondary N) is 2. The van der Waals surface area contributed by atoms with Gasteiger partial charge in [-0.05, 0) is 18.8 Å². The van der Waals surface area contributed by atoms with E-state index >= 15 is 0 Å². The molecule has 9 nitrogen and oxygen atoms in total. The van der Waals surface area contributed by atoms with Crippen LogP contribution in [0.1, 0.15) is 26.2 Å². The molecule has 2 heterocycles. The Hall–Kier alpha value is -1.97. The Morgan fingerprint density at radius 3 is 2.59 bits per heavy atom. The van der Waals surface area contributed by atoms with Crippen molar-refractivity contribution < 1.29 is 24.2 Å². The van der Waals surface area contributed by atoms with Crippen molar-refractivity contribution in [3.05, 3.63) is 12.2 Å². The van der Waals surface area contributed by atoms with E-state index in [2.05, 4.69) is 22.5 Å². The minimum absolute atomic E-state index is 0.0204. The molecule has 0 saturated carbocycles. The van der Waals surface area contributed by atoms with Gasteiger partial charge in [-0.3, -0.25) is 19.3 Å². The summed E-state index contributed by atoms with van der Waals surface area (Å²) < 4.78 is 5.36. The quantitative estimate of drug-likeness (QED) is 0.391. The summed E-state index contributed by atoms with van der Waals surface area (Å²) in [5, 5.41) is 15.1. The van der Waals surface area contributed by atoms with Crippen LogP contribution >= 0.6 is 0 Å². The summed E-state index contributed by atoms with van der Waals surface area (Å²) in [5.41, 5.74) is 0. The van der Waals surface area contributed by atoms with Crippen LogP contribution in [0.15, 0.2) is 12.2 Å². The zero-order chi connectivity index (χ0) is 23.1. The first-order valence-electron chi connectivity index (χ1n) is 11.9. The average Bonchev–Trinajstić information content (AvgIpc) is 3.09. The minimum Gasteiger partial charge on any atom is -0.396 e. The Balaban J connectivity index is 1.77. The van der Waals surface area contributed by atoms with Gasteiger partial charge in [0.05, 0.1) is 25.0 Å². The summed E-state index contributed by atoms with van der Waals surface area (Å²) in [4.78, 5) is 43.4. The maximum atomic E-state index is 13.5. The van der Waals surface area contributed by atoms with Crippen molar-refractivity contribution in [1.29, 1.82) is 0 Å². The van der Waals surface area contributed by atoms with Crippen molar-refractivity contribution in [2.75, 3.05) is 59.6 Å². The highest BCUT2D eigenvalue weighted by molar-refractivity contribution is 5.96. The monoisotopic (exact) mass is 450 g/mol. The number of ether oxygens (including phenoxy) is 1. The van der Waals surface area contributed by atoms with E-state index < -0.39 is 17.9 Å². The number of likely N-dealkylation sites (tertiary alicyclic amines) is 1. The third kappa shape index (κ3) is 5.32. The Morgan fingerprint density at radius 1 is 1.19 bits per heavy atom. The number of morpholine rings is 1. The molecule has 5 atom stereocenters. The molecule has 2 aliphatic heterocycles. The zero-order valence-corrected chi connectivity index (χ0v) is 19.3. The molecule has 0 aromatic rings. The van der Waals surface area contributed by atoms with Crippen LogP contribution in [-0.2, 0) is 19.1 Å². The molecule has 0 aromatic carbocycles. The van der Waals surface area contributed by atoms with Gasteiger partial charge in [0.25, 0.3) is 0 Å². The number of fused-ring (bicyclic) bond motifs is 1. The highest BCUT2D eigenvalue weighted by Gasteiger charge is 2.56. The number of carbonyl (C=O) groups excluding carboxylic acids is 3. The number of carbonyl (C=O) groups is 3. The molecule has 0 aromatic heterocycles. The van der Waals surface area contributed by atoms with Gasteiger partial charge < -0.3 is 25.4 Å². The summed E-state index contributed by atoms with van der Waals surface area (Å²) in [7, 11) is 1.59. The van der Waals surface area contributed by atoms with Gasteiger partial charge in [0.15, 0.2) is 0 Å². The average molecular weight is 451 g/mol. The van der Waals surface area contributed by atoms with Crippen molar-refractivity contribution in [2.45, 2.75) is 32.2 Å². The molecule has 3 rings (SSSR count). The SMILES string of the molecule is CCC[C@@H]1C=C[C@H]2[C@@H](C(=O)N(CCCO)[C@@H]2C(=O)NCCN2CCOCC2)[C@@H]1C(=O)NC. The first-order valence-corrected chi connectivity index (χ1v) is 11.9. The number of hydrogen-bond acceptors (Lipinski definition) is 6. The van der Waals surface area contributed by atoms with Gasteiger partial charge in [0.1, 0.15) is 6.04 Å². The molecule has 3 N–H and O–H groups in total. The number of nitrogens with zero attached hydrogens (tertiary/aromatic N) is 2. The van der Waals surface area contributed by atoms with Crippen molar-refractivity contribution in [1.82, 2.24) is 20.4 Å². The van der Waals surface area contributed by atoms with E-state index in [-0.39, 0.29) is 36.2 Å². The number of rotatable bonds is 10. The zero-order valence-electron chi connectivity index (χ0n) is 19.3. The first-order chi connectivity index (χ1) is 15.5. The molecule has 32 heavy (non-hydrogen) atoms. The smallest absolute Gasteiger partial charge is 0.243 e. The molecule has 0 unspecified atom stereocenters. The van der Waals surface area contributed by atoms with Crippen LogP contribution in [0, 0.1) is 23.7 Å². The van der Waals surface area contributed by atoms with Gasteiger partial charge in [-0.15, -0.1) is 0 Å². The lowest BCUT2D eigenvalue weighted by atomic mass is 9.68. The third-order valence-electron chi connectivity index (χ3n) is 6.94. The summed E-state index contributed by atoms with van der Waals surface area (Å²) in [5.74, 6) is -1.89. The molecule has 0 spiro atoms. The van der Waals surface area contributed by atoms with Gasteiger partial charge in [-0.25, -0.2) is 0 Å². The Labute approximate surface area is 190 Å². The van der Waals surface area contributed by atoms with Gasteiger partial charge in [0, 0.05) is 52.3 Å². The number of aliphatic hydroxyl groups is 1. The van der Waals surface area contributed by atoms with E-state index in [4.69, 9.17) is 4.74 Å². The van der Waals surface area contributed by atoms with Crippen molar-refractivity contribution in [2.24, 2.45) is 23.7 Å². The second kappa shape index (κ2) is 11.8. The lowest BCUT2D eigenvalue weighted by Crippen LogP contribution is -2.49. The van der Waals surface area contributed by atoms with E-state index in [1.807, 2.05) is 12.2 Å². The van der Waals surface area contributed by atoms with Crippen molar-refractivity contribution in [3.63, 3.8) is 0 Å².